The van der Waals surface area contributed by atoms with Crippen LogP contribution in [-0.4, -0.2) is 40.5 Å². The highest BCUT2D eigenvalue weighted by Gasteiger charge is 2.29. The van der Waals surface area contributed by atoms with E-state index in [1.807, 2.05) is 0 Å². The zero-order valence-electron chi connectivity index (χ0n) is 18.7. The Hall–Kier alpha value is -3.57. The van der Waals surface area contributed by atoms with Crippen molar-refractivity contribution in [3.63, 3.8) is 0 Å². The summed E-state index contributed by atoms with van der Waals surface area (Å²) in [7, 11) is -4.08. The summed E-state index contributed by atoms with van der Waals surface area (Å²) in [4.78, 5) is 12.9. The lowest BCUT2D eigenvalue weighted by Gasteiger charge is -2.25. The van der Waals surface area contributed by atoms with Crippen LogP contribution in [0.1, 0.15) is 12.5 Å². The molecule has 0 radical (unpaired) electrons. The second-order valence-electron chi connectivity index (χ2n) is 7.25. The number of hydrogen-bond donors (Lipinski definition) is 1. The van der Waals surface area contributed by atoms with Crippen molar-refractivity contribution < 1.29 is 27.4 Å². The first kappa shape index (κ1) is 24.6. The number of para-hydroxylation sites is 2. The smallest absolute Gasteiger partial charge is 0.264 e. The number of carbonyl (C=O) groups excluding carboxylic acids is 1. The Balaban J connectivity index is 1.58. The minimum atomic E-state index is -4.08. The molecule has 1 amide bonds. The molecule has 3 aromatic carbocycles. The number of halogens is 1. The predicted molar refractivity (Wildman–Crippen MR) is 135 cm³/mol. The van der Waals surface area contributed by atoms with E-state index in [4.69, 9.17) is 14.2 Å². The number of rotatable bonds is 9. The highest BCUT2D eigenvalue weighted by atomic mass is 79.9. The van der Waals surface area contributed by atoms with Crippen molar-refractivity contribution in [2.45, 2.75) is 11.8 Å². The molecule has 0 unspecified atom stereocenters. The van der Waals surface area contributed by atoms with Gasteiger partial charge in [0.15, 0.2) is 11.5 Å². The molecule has 1 N–H and O–H groups in total. The zero-order chi connectivity index (χ0) is 24.8. The number of nitrogens with one attached hydrogen (secondary N) is 1. The van der Waals surface area contributed by atoms with E-state index in [1.54, 1.807) is 61.5 Å². The van der Waals surface area contributed by atoms with E-state index >= 15 is 0 Å². The average Bonchev–Trinajstić information content (AvgIpc) is 3.31. The van der Waals surface area contributed by atoms with Gasteiger partial charge in [0.05, 0.1) is 23.4 Å². The quantitative estimate of drug-likeness (QED) is 0.314. The van der Waals surface area contributed by atoms with Crippen LogP contribution in [0.25, 0.3) is 0 Å². The van der Waals surface area contributed by atoms with Gasteiger partial charge in [0.1, 0.15) is 12.3 Å². The molecule has 0 bridgehead atoms. The standard InChI is InChI=1S/C24H22BrN3O6S/c1-2-32-21-11-7-6-10-20(21)28(35(30,31)18-8-4-3-5-9-18)15-24(29)27-26-14-17-12-22-23(13-19(17)25)34-16-33-22/h3-14H,2,15-16H2,1H3,(H,27,29)/b26-14+. The number of sulfonamides is 1. The summed E-state index contributed by atoms with van der Waals surface area (Å²) in [6.45, 7) is 1.74. The van der Waals surface area contributed by atoms with Crippen molar-refractivity contribution >= 4 is 43.8 Å². The van der Waals surface area contributed by atoms with Gasteiger partial charge in [-0.05, 0) is 59.3 Å². The fraction of sp³-hybridized carbons (Fsp3) is 0.167. The first-order valence-corrected chi connectivity index (χ1v) is 12.8. The summed E-state index contributed by atoms with van der Waals surface area (Å²) >= 11 is 3.42. The molecule has 4 rings (SSSR count). The maximum Gasteiger partial charge on any atom is 0.264 e. The van der Waals surface area contributed by atoms with Crippen LogP contribution in [0, 0.1) is 0 Å². The molecule has 1 heterocycles. The molecule has 182 valence electrons. The molecule has 9 nitrogen and oxygen atoms in total. The van der Waals surface area contributed by atoms with Gasteiger partial charge in [-0.15, -0.1) is 0 Å². The van der Waals surface area contributed by atoms with Crippen LogP contribution in [0.15, 0.2) is 81.2 Å². The second-order valence-corrected chi connectivity index (χ2v) is 9.96. The van der Waals surface area contributed by atoms with E-state index in [2.05, 4.69) is 26.5 Å². The van der Waals surface area contributed by atoms with Gasteiger partial charge in [0.2, 0.25) is 6.79 Å². The average molecular weight is 560 g/mol. The molecule has 0 saturated heterocycles. The highest BCUT2D eigenvalue weighted by molar-refractivity contribution is 9.10. The molecule has 0 atom stereocenters. The molecule has 0 fully saturated rings. The van der Waals surface area contributed by atoms with Crippen LogP contribution in [0.4, 0.5) is 5.69 Å². The third-order valence-electron chi connectivity index (χ3n) is 4.94. The van der Waals surface area contributed by atoms with Gasteiger partial charge >= 0.3 is 0 Å². The van der Waals surface area contributed by atoms with Crippen LogP contribution in [-0.2, 0) is 14.8 Å². The number of nitrogens with zero attached hydrogens (tertiary/aromatic N) is 2. The number of hydrogen-bond acceptors (Lipinski definition) is 7. The van der Waals surface area contributed by atoms with E-state index in [9.17, 15) is 13.2 Å². The minimum Gasteiger partial charge on any atom is -0.492 e. The molecule has 35 heavy (non-hydrogen) atoms. The van der Waals surface area contributed by atoms with Crippen molar-refractivity contribution in [3.8, 4) is 17.2 Å². The van der Waals surface area contributed by atoms with Crippen molar-refractivity contribution in [3.05, 3.63) is 76.8 Å². The molecule has 3 aromatic rings. The lowest BCUT2D eigenvalue weighted by molar-refractivity contribution is -0.119. The number of anilines is 1. The lowest BCUT2D eigenvalue weighted by Crippen LogP contribution is -2.39. The zero-order valence-corrected chi connectivity index (χ0v) is 21.1. The van der Waals surface area contributed by atoms with Crippen molar-refractivity contribution in [1.82, 2.24) is 5.43 Å². The Bertz CT molecular complexity index is 1350. The predicted octanol–water partition coefficient (Wildman–Crippen LogP) is 3.92. The van der Waals surface area contributed by atoms with Crippen molar-refractivity contribution in [2.24, 2.45) is 5.10 Å². The summed E-state index contributed by atoms with van der Waals surface area (Å²) in [5.74, 6) is 0.875. The van der Waals surface area contributed by atoms with Crippen LogP contribution < -0.4 is 23.9 Å². The Morgan fingerprint density at radius 3 is 2.54 bits per heavy atom. The molecule has 11 heteroatoms. The van der Waals surface area contributed by atoms with Crippen molar-refractivity contribution in [2.75, 3.05) is 24.2 Å². The summed E-state index contributed by atoms with van der Waals surface area (Å²) in [5.41, 5.74) is 3.28. The fourth-order valence-corrected chi connectivity index (χ4v) is 5.21. The maximum atomic E-state index is 13.5. The number of amides is 1. The van der Waals surface area contributed by atoms with Crippen LogP contribution in [0.3, 0.4) is 0 Å². The summed E-state index contributed by atoms with van der Waals surface area (Å²) in [6, 6.07) is 18.0. The Labute approximate surface area is 211 Å². The molecule has 0 spiro atoms. The minimum absolute atomic E-state index is 0.0480. The first-order chi connectivity index (χ1) is 16.9. The summed E-state index contributed by atoms with van der Waals surface area (Å²) in [5, 5.41) is 3.98. The van der Waals surface area contributed by atoms with Crippen molar-refractivity contribution in [1.29, 1.82) is 0 Å². The van der Waals surface area contributed by atoms with Gasteiger partial charge < -0.3 is 14.2 Å². The Kier molecular flexibility index (Phi) is 7.57. The lowest BCUT2D eigenvalue weighted by atomic mass is 10.2. The first-order valence-electron chi connectivity index (χ1n) is 10.6. The third-order valence-corrected chi connectivity index (χ3v) is 7.40. The molecule has 0 saturated carbocycles. The van der Waals surface area contributed by atoms with E-state index < -0.39 is 22.5 Å². The third kappa shape index (κ3) is 5.57. The van der Waals surface area contributed by atoms with Gasteiger partial charge in [-0.25, -0.2) is 13.8 Å². The topological polar surface area (TPSA) is 107 Å². The van der Waals surface area contributed by atoms with Gasteiger partial charge in [0, 0.05) is 10.0 Å². The largest absolute Gasteiger partial charge is 0.492 e. The summed E-state index contributed by atoms with van der Waals surface area (Å²) < 4.78 is 45.0. The number of ether oxygens (including phenoxy) is 3. The number of hydrazone groups is 1. The monoisotopic (exact) mass is 559 g/mol. The SMILES string of the molecule is CCOc1ccccc1N(CC(=O)N/N=C/c1cc2c(cc1Br)OCO2)S(=O)(=O)c1ccccc1. The van der Waals surface area contributed by atoms with Gasteiger partial charge in [0.25, 0.3) is 15.9 Å². The molecule has 1 aliphatic rings. The Morgan fingerprint density at radius 2 is 1.80 bits per heavy atom. The second kappa shape index (κ2) is 10.8. The van der Waals surface area contributed by atoms with Gasteiger partial charge in [-0.1, -0.05) is 30.3 Å². The van der Waals surface area contributed by atoms with Gasteiger partial charge in [-0.2, -0.15) is 5.10 Å². The normalized spacial score (nSPS) is 12.5. The van der Waals surface area contributed by atoms with E-state index in [-0.39, 0.29) is 17.4 Å². The van der Waals surface area contributed by atoms with E-state index in [0.29, 0.717) is 33.9 Å². The molecule has 1 aliphatic heterocycles. The summed E-state index contributed by atoms with van der Waals surface area (Å²) in [6.07, 6.45) is 1.42. The number of fused-ring (bicyclic) bond motifs is 1. The van der Waals surface area contributed by atoms with E-state index in [1.165, 1.54) is 18.3 Å². The van der Waals surface area contributed by atoms with Crippen LogP contribution in [0.5, 0.6) is 17.2 Å². The molecular formula is C24H22BrN3O6S. The maximum absolute atomic E-state index is 13.5. The molecule has 0 aromatic heterocycles. The van der Waals surface area contributed by atoms with Gasteiger partial charge in [-0.3, -0.25) is 9.10 Å². The van der Waals surface area contributed by atoms with Crippen LogP contribution in [0.2, 0.25) is 0 Å². The highest BCUT2D eigenvalue weighted by Crippen LogP contribution is 2.36. The number of carbonyl (C=O) groups is 1. The molecular weight excluding hydrogens is 538 g/mol. The fourth-order valence-electron chi connectivity index (χ4n) is 3.33. The number of benzene rings is 3. The van der Waals surface area contributed by atoms with E-state index in [0.717, 1.165) is 4.31 Å². The molecule has 0 aliphatic carbocycles. The Morgan fingerprint density at radius 1 is 1.11 bits per heavy atom. The van der Waals surface area contributed by atoms with Crippen LogP contribution >= 0.6 is 15.9 Å².